The van der Waals surface area contributed by atoms with E-state index in [4.69, 9.17) is 4.52 Å². The highest BCUT2D eigenvalue weighted by Gasteiger charge is 2.41. The lowest BCUT2D eigenvalue weighted by molar-refractivity contribution is -0.883. The molecule has 0 amide bonds. The van der Waals surface area contributed by atoms with Crippen molar-refractivity contribution in [3.05, 3.63) is 12.2 Å². The van der Waals surface area contributed by atoms with Crippen molar-refractivity contribution in [3.63, 3.8) is 0 Å². The predicted octanol–water partition coefficient (Wildman–Crippen LogP) is 8.45. The van der Waals surface area contributed by atoms with Crippen LogP contribution in [-0.4, -0.2) is 42.9 Å². The SMILES string of the molecule is CCCCCCCCCCC/C=C\CCCCCCCOP(=O)(O)C(CC)[N+](C)(C)C. The first-order valence-electron chi connectivity index (χ1n) is 13.2. The zero-order valence-corrected chi connectivity index (χ0v) is 22.5. The van der Waals surface area contributed by atoms with Crippen molar-refractivity contribution < 1.29 is 18.5 Å². The minimum absolute atomic E-state index is 0.352. The number of quaternary nitrogens is 1. The molecule has 0 fully saturated rings. The first-order chi connectivity index (χ1) is 14.8. The van der Waals surface area contributed by atoms with Crippen LogP contribution in [0.3, 0.4) is 0 Å². The normalized spacial score (nSPS) is 15.4. The van der Waals surface area contributed by atoms with E-state index in [0.29, 0.717) is 17.5 Å². The van der Waals surface area contributed by atoms with Gasteiger partial charge >= 0.3 is 7.60 Å². The van der Waals surface area contributed by atoms with Crippen LogP contribution in [0, 0.1) is 0 Å². The largest absolute Gasteiger partial charge is 0.385 e. The molecule has 1 N–H and O–H groups in total. The Kier molecular flexibility index (Phi) is 19.2. The summed E-state index contributed by atoms with van der Waals surface area (Å²) in [6.07, 6.45) is 26.0. The van der Waals surface area contributed by atoms with Crippen LogP contribution >= 0.6 is 7.60 Å². The van der Waals surface area contributed by atoms with E-state index in [-0.39, 0.29) is 5.78 Å². The van der Waals surface area contributed by atoms with Gasteiger partial charge in [-0.05, 0) is 32.1 Å². The van der Waals surface area contributed by atoms with Crippen LogP contribution in [0.25, 0.3) is 0 Å². The van der Waals surface area contributed by atoms with Gasteiger partial charge in [-0.15, -0.1) is 0 Å². The molecular weight excluding hydrogens is 405 g/mol. The Labute approximate surface area is 195 Å². The van der Waals surface area contributed by atoms with E-state index in [0.717, 1.165) is 12.8 Å². The van der Waals surface area contributed by atoms with Crippen LogP contribution in [0.15, 0.2) is 12.2 Å². The van der Waals surface area contributed by atoms with Gasteiger partial charge in [-0.1, -0.05) is 96.6 Å². The third-order valence-electron chi connectivity index (χ3n) is 6.07. The second-order valence-electron chi connectivity index (χ2n) is 10.0. The molecule has 5 heteroatoms. The van der Waals surface area contributed by atoms with Crippen molar-refractivity contribution in [2.24, 2.45) is 0 Å². The molecule has 2 unspecified atom stereocenters. The fourth-order valence-corrected chi connectivity index (χ4v) is 6.10. The molecule has 4 nitrogen and oxygen atoms in total. The number of allylic oxidation sites excluding steroid dienone is 2. The molecule has 0 aliphatic heterocycles. The molecule has 0 aromatic rings. The average Bonchev–Trinajstić information content (AvgIpc) is 2.68. The van der Waals surface area contributed by atoms with Crippen LogP contribution in [0.1, 0.15) is 123 Å². The van der Waals surface area contributed by atoms with Gasteiger partial charge in [0.2, 0.25) is 0 Å². The maximum absolute atomic E-state index is 12.5. The molecule has 0 radical (unpaired) electrons. The second-order valence-corrected chi connectivity index (χ2v) is 12.0. The summed E-state index contributed by atoms with van der Waals surface area (Å²) >= 11 is 0. The summed E-state index contributed by atoms with van der Waals surface area (Å²) in [5.41, 5.74) is 0. The summed E-state index contributed by atoms with van der Waals surface area (Å²) in [7, 11) is 2.30. The molecule has 0 bridgehead atoms. The van der Waals surface area contributed by atoms with Crippen molar-refractivity contribution in [3.8, 4) is 0 Å². The number of unbranched alkanes of at least 4 members (excludes halogenated alkanes) is 14. The molecule has 0 rings (SSSR count). The van der Waals surface area contributed by atoms with Gasteiger partial charge in [0.05, 0.1) is 27.7 Å². The van der Waals surface area contributed by atoms with E-state index >= 15 is 0 Å². The minimum atomic E-state index is -3.55. The lowest BCUT2D eigenvalue weighted by Crippen LogP contribution is -2.44. The van der Waals surface area contributed by atoms with Gasteiger partial charge in [-0.3, -0.25) is 4.57 Å². The quantitative estimate of drug-likeness (QED) is 0.0763. The molecule has 0 saturated carbocycles. The highest BCUT2D eigenvalue weighted by atomic mass is 31.2. The van der Waals surface area contributed by atoms with Gasteiger partial charge in [-0.25, -0.2) is 0 Å². The summed E-state index contributed by atoms with van der Waals surface area (Å²) in [5, 5.41) is 0. The van der Waals surface area contributed by atoms with Crippen molar-refractivity contribution in [2.75, 3.05) is 27.7 Å². The summed E-state index contributed by atoms with van der Waals surface area (Å²) in [4.78, 5) is 10.3. The molecule has 0 aliphatic rings. The van der Waals surface area contributed by atoms with Crippen LogP contribution in [0.5, 0.6) is 0 Å². The number of rotatable bonds is 22. The Balaban J connectivity index is 3.49. The molecular formula is C26H55NO3P+. The lowest BCUT2D eigenvalue weighted by Gasteiger charge is -2.35. The molecule has 0 heterocycles. The fourth-order valence-electron chi connectivity index (χ4n) is 4.20. The molecule has 0 spiro atoms. The highest BCUT2D eigenvalue weighted by molar-refractivity contribution is 7.53. The summed E-state index contributed by atoms with van der Waals surface area (Å²) in [5.74, 6) is -0.352. The average molecular weight is 461 g/mol. The van der Waals surface area contributed by atoms with Crippen LogP contribution in [0.2, 0.25) is 0 Å². The Hall–Kier alpha value is -0.150. The van der Waals surface area contributed by atoms with Crippen molar-refractivity contribution in [1.82, 2.24) is 0 Å². The van der Waals surface area contributed by atoms with Gasteiger partial charge in [0, 0.05) is 6.42 Å². The van der Waals surface area contributed by atoms with Crippen LogP contribution in [-0.2, 0) is 9.09 Å². The molecule has 0 aromatic carbocycles. The second kappa shape index (κ2) is 19.3. The molecule has 0 aromatic heterocycles. The summed E-state index contributed by atoms with van der Waals surface area (Å²) in [6, 6.07) is 0. The van der Waals surface area contributed by atoms with E-state index in [1.54, 1.807) is 0 Å². The standard InChI is InChI=1S/C26H54NO3P/c1-6-8-9-10-11-12-13-14-15-16-17-18-19-20-21-22-23-24-25-30-31(28,29)26(7-2)27(3,4)5/h17-18,26H,6-16,19-25H2,1-5H3/p+1/b18-17-. The number of hydrogen-bond acceptors (Lipinski definition) is 2. The maximum Gasteiger partial charge on any atom is 0.385 e. The Bertz CT molecular complexity index is 474. The maximum atomic E-state index is 12.5. The minimum Gasteiger partial charge on any atom is -0.320 e. The Morgan fingerprint density at radius 2 is 1.16 bits per heavy atom. The molecule has 2 atom stereocenters. The number of nitrogens with zero attached hydrogens (tertiary/aromatic N) is 1. The zero-order chi connectivity index (χ0) is 23.4. The van der Waals surface area contributed by atoms with E-state index in [9.17, 15) is 9.46 Å². The highest BCUT2D eigenvalue weighted by Crippen LogP contribution is 2.51. The van der Waals surface area contributed by atoms with E-state index in [1.165, 1.54) is 89.9 Å². The third kappa shape index (κ3) is 18.0. The van der Waals surface area contributed by atoms with Gasteiger partial charge in [0.1, 0.15) is 0 Å². The zero-order valence-electron chi connectivity index (χ0n) is 21.6. The van der Waals surface area contributed by atoms with Crippen molar-refractivity contribution >= 4 is 7.60 Å². The van der Waals surface area contributed by atoms with Gasteiger partial charge in [0.25, 0.3) is 0 Å². The predicted molar refractivity (Wildman–Crippen MR) is 137 cm³/mol. The Morgan fingerprint density at radius 1 is 0.742 bits per heavy atom. The number of hydrogen-bond donors (Lipinski definition) is 1. The van der Waals surface area contributed by atoms with Gasteiger partial charge in [0.15, 0.2) is 5.78 Å². The fraction of sp³-hybridized carbons (Fsp3) is 0.923. The smallest absolute Gasteiger partial charge is 0.320 e. The molecule has 0 saturated heterocycles. The molecule has 31 heavy (non-hydrogen) atoms. The van der Waals surface area contributed by atoms with E-state index in [2.05, 4.69) is 19.1 Å². The lowest BCUT2D eigenvalue weighted by atomic mass is 10.1. The van der Waals surface area contributed by atoms with Crippen LogP contribution in [0.4, 0.5) is 0 Å². The van der Waals surface area contributed by atoms with E-state index < -0.39 is 7.60 Å². The third-order valence-corrected chi connectivity index (χ3v) is 8.43. The summed E-state index contributed by atoms with van der Waals surface area (Å²) in [6.45, 7) is 4.62. The van der Waals surface area contributed by atoms with Gasteiger partial charge < -0.3 is 13.9 Å². The Morgan fingerprint density at radius 3 is 1.58 bits per heavy atom. The van der Waals surface area contributed by atoms with Crippen molar-refractivity contribution in [2.45, 2.75) is 129 Å². The summed E-state index contributed by atoms with van der Waals surface area (Å²) < 4.78 is 18.4. The van der Waals surface area contributed by atoms with Crippen molar-refractivity contribution in [1.29, 1.82) is 0 Å². The first-order valence-corrected chi connectivity index (χ1v) is 14.8. The monoisotopic (exact) mass is 460 g/mol. The van der Waals surface area contributed by atoms with Crippen LogP contribution < -0.4 is 0 Å². The molecule has 0 aliphatic carbocycles. The van der Waals surface area contributed by atoms with E-state index in [1.807, 2.05) is 28.1 Å². The molecule has 186 valence electrons. The topological polar surface area (TPSA) is 46.5 Å². The first kappa shape index (κ1) is 30.9. The van der Waals surface area contributed by atoms with Gasteiger partial charge in [-0.2, -0.15) is 0 Å².